The number of nitrogens with zero attached hydrogens (tertiary/aromatic N) is 2. The number of aryl methyl sites for hydroxylation is 1. The SMILES string of the molecule is CC(C)Oc1ccccc1-c1c(N)cnn1C. The first-order valence-corrected chi connectivity index (χ1v) is 5.63. The summed E-state index contributed by atoms with van der Waals surface area (Å²) in [6, 6.07) is 7.86. The van der Waals surface area contributed by atoms with Crippen molar-refractivity contribution in [3.05, 3.63) is 30.5 Å². The van der Waals surface area contributed by atoms with Crippen molar-refractivity contribution in [3.63, 3.8) is 0 Å². The van der Waals surface area contributed by atoms with Gasteiger partial charge in [-0.3, -0.25) is 4.68 Å². The highest BCUT2D eigenvalue weighted by molar-refractivity contribution is 5.77. The minimum absolute atomic E-state index is 0.130. The van der Waals surface area contributed by atoms with Gasteiger partial charge in [0.25, 0.3) is 0 Å². The number of anilines is 1. The van der Waals surface area contributed by atoms with Gasteiger partial charge in [-0.2, -0.15) is 5.10 Å². The van der Waals surface area contributed by atoms with Crippen LogP contribution >= 0.6 is 0 Å². The van der Waals surface area contributed by atoms with Crippen LogP contribution in [0.2, 0.25) is 0 Å². The zero-order valence-corrected chi connectivity index (χ0v) is 10.3. The molecule has 4 nitrogen and oxygen atoms in total. The molecule has 0 bridgehead atoms. The summed E-state index contributed by atoms with van der Waals surface area (Å²) in [4.78, 5) is 0. The summed E-state index contributed by atoms with van der Waals surface area (Å²) in [7, 11) is 1.87. The average Bonchev–Trinajstić information content (AvgIpc) is 2.59. The van der Waals surface area contributed by atoms with Crippen molar-refractivity contribution in [2.24, 2.45) is 7.05 Å². The highest BCUT2D eigenvalue weighted by Crippen LogP contribution is 2.33. The quantitative estimate of drug-likeness (QED) is 0.882. The lowest BCUT2D eigenvalue weighted by Crippen LogP contribution is -2.07. The van der Waals surface area contributed by atoms with Crippen LogP contribution in [0.4, 0.5) is 5.69 Å². The van der Waals surface area contributed by atoms with Crippen LogP contribution in [0.5, 0.6) is 5.75 Å². The number of ether oxygens (including phenoxy) is 1. The third-order valence-electron chi connectivity index (χ3n) is 2.47. The minimum atomic E-state index is 0.130. The molecule has 1 heterocycles. The average molecular weight is 231 g/mol. The predicted octanol–water partition coefficient (Wildman–Crippen LogP) is 2.46. The lowest BCUT2D eigenvalue weighted by Gasteiger charge is -2.14. The second-order valence-corrected chi connectivity index (χ2v) is 4.23. The first-order chi connectivity index (χ1) is 8.09. The Hall–Kier alpha value is -1.97. The van der Waals surface area contributed by atoms with Crippen molar-refractivity contribution < 1.29 is 4.74 Å². The third kappa shape index (κ3) is 2.25. The van der Waals surface area contributed by atoms with Gasteiger partial charge >= 0.3 is 0 Å². The highest BCUT2D eigenvalue weighted by atomic mass is 16.5. The van der Waals surface area contributed by atoms with Crippen molar-refractivity contribution in [2.75, 3.05) is 5.73 Å². The van der Waals surface area contributed by atoms with Gasteiger partial charge < -0.3 is 10.5 Å². The molecule has 2 rings (SSSR count). The molecule has 0 unspecified atom stereocenters. The van der Waals surface area contributed by atoms with Gasteiger partial charge in [0.15, 0.2) is 0 Å². The van der Waals surface area contributed by atoms with Gasteiger partial charge in [0, 0.05) is 12.6 Å². The van der Waals surface area contributed by atoms with Crippen molar-refractivity contribution in [2.45, 2.75) is 20.0 Å². The molecule has 0 aliphatic carbocycles. The molecule has 2 N–H and O–H groups in total. The largest absolute Gasteiger partial charge is 0.490 e. The smallest absolute Gasteiger partial charge is 0.129 e. The molecule has 0 saturated carbocycles. The van der Waals surface area contributed by atoms with Gasteiger partial charge in [0.2, 0.25) is 0 Å². The number of para-hydroxylation sites is 1. The van der Waals surface area contributed by atoms with Crippen molar-refractivity contribution >= 4 is 5.69 Å². The zero-order chi connectivity index (χ0) is 12.4. The van der Waals surface area contributed by atoms with E-state index in [1.807, 2.05) is 45.2 Å². The van der Waals surface area contributed by atoms with Crippen LogP contribution in [0.25, 0.3) is 11.3 Å². The summed E-state index contributed by atoms with van der Waals surface area (Å²) >= 11 is 0. The first kappa shape index (κ1) is 11.5. The van der Waals surface area contributed by atoms with Gasteiger partial charge in [0.05, 0.1) is 23.7 Å². The van der Waals surface area contributed by atoms with Crippen LogP contribution in [0.1, 0.15) is 13.8 Å². The number of nitrogen functional groups attached to an aromatic ring is 1. The molecule has 1 aromatic heterocycles. The first-order valence-electron chi connectivity index (χ1n) is 5.63. The van der Waals surface area contributed by atoms with Crippen molar-refractivity contribution in [1.29, 1.82) is 0 Å². The van der Waals surface area contributed by atoms with E-state index >= 15 is 0 Å². The lowest BCUT2D eigenvalue weighted by molar-refractivity contribution is 0.243. The third-order valence-corrected chi connectivity index (χ3v) is 2.47. The molecular weight excluding hydrogens is 214 g/mol. The number of hydrogen-bond donors (Lipinski definition) is 1. The Balaban J connectivity index is 2.52. The lowest BCUT2D eigenvalue weighted by atomic mass is 10.1. The van der Waals surface area contributed by atoms with Crippen molar-refractivity contribution in [3.8, 4) is 17.0 Å². The van der Waals surface area contributed by atoms with E-state index in [1.54, 1.807) is 10.9 Å². The van der Waals surface area contributed by atoms with Crippen LogP contribution in [0, 0.1) is 0 Å². The molecule has 17 heavy (non-hydrogen) atoms. The Bertz CT molecular complexity index is 498. The Kier molecular flexibility index (Phi) is 3.04. The predicted molar refractivity (Wildman–Crippen MR) is 68.8 cm³/mol. The molecule has 0 amide bonds. The molecule has 0 radical (unpaired) electrons. The van der Waals surface area contributed by atoms with E-state index < -0.39 is 0 Å². The number of rotatable bonds is 3. The van der Waals surface area contributed by atoms with E-state index in [2.05, 4.69) is 5.10 Å². The Morgan fingerprint density at radius 3 is 2.59 bits per heavy atom. The van der Waals surface area contributed by atoms with Gasteiger partial charge in [-0.05, 0) is 26.0 Å². The van der Waals surface area contributed by atoms with Crippen LogP contribution in [-0.2, 0) is 7.05 Å². The maximum atomic E-state index is 5.93. The zero-order valence-electron chi connectivity index (χ0n) is 10.3. The molecule has 1 aromatic carbocycles. The van der Waals surface area contributed by atoms with E-state index in [1.165, 1.54) is 0 Å². The fraction of sp³-hybridized carbons (Fsp3) is 0.308. The molecular formula is C13H17N3O. The second kappa shape index (κ2) is 4.49. The molecule has 0 atom stereocenters. The van der Waals surface area contributed by atoms with E-state index in [9.17, 15) is 0 Å². The Morgan fingerprint density at radius 2 is 2.00 bits per heavy atom. The molecule has 0 saturated heterocycles. The number of hydrogen-bond acceptors (Lipinski definition) is 3. The Morgan fingerprint density at radius 1 is 1.29 bits per heavy atom. The molecule has 0 spiro atoms. The fourth-order valence-corrected chi connectivity index (χ4v) is 1.80. The summed E-state index contributed by atoms with van der Waals surface area (Å²) in [5, 5.41) is 4.15. The summed E-state index contributed by atoms with van der Waals surface area (Å²) in [6.07, 6.45) is 1.78. The van der Waals surface area contributed by atoms with Crippen LogP contribution in [0.15, 0.2) is 30.5 Å². The normalized spacial score (nSPS) is 10.8. The maximum Gasteiger partial charge on any atom is 0.129 e. The van der Waals surface area contributed by atoms with Gasteiger partial charge in [-0.15, -0.1) is 0 Å². The number of benzene rings is 1. The second-order valence-electron chi connectivity index (χ2n) is 4.23. The molecule has 2 aromatic rings. The van der Waals surface area contributed by atoms with Crippen molar-refractivity contribution in [1.82, 2.24) is 9.78 Å². The summed E-state index contributed by atoms with van der Waals surface area (Å²) in [6.45, 7) is 4.01. The molecule has 0 fully saturated rings. The van der Waals surface area contributed by atoms with Crippen LogP contribution in [0.3, 0.4) is 0 Å². The highest BCUT2D eigenvalue weighted by Gasteiger charge is 2.13. The van der Waals surface area contributed by atoms with E-state index in [0.29, 0.717) is 5.69 Å². The summed E-state index contributed by atoms with van der Waals surface area (Å²) in [5.74, 6) is 0.831. The van der Waals surface area contributed by atoms with Gasteiger partial charge in [0.1, 0.15) is 5.75 Å². The van der Waals surface area contributed by atoms with E-state index in [-0.39, 0.29) is 6.10 Å². The van der Waals surface area contributed by atoms with E-state index in [4.69, 9.17) is 10.5 Å². The summed E-state index contributed by atoms with van der Waals surface area (Å²) < 4.78 is 7.54. The molecule has 0 aliphatic heterocycles. The molecule has 90 valence electrons. The fourth-order valence-electron chi connectivity index (χ4n) is 1.80. The standard InChI is InChI=1S/C13H17N3O/c1-9(2)17-12-7-5-4-6-10(12)13-11(14)8-15-16(13)3/h4-9H,14H2,1-3H3. The van der Waals surface area contributed by atoms with Crippen LogP contribution in [-0.4, -0.2) is 15.9 Å². The monoisotopic (exact) mass is 231 g/mol. The topological polar surface area (TPSA) is 53.1 Å². The molecule has 4 heteroatoms. The van der Waals surface area contributed by atoms with Gasteiger partial charge in [-0.1, -0.05) is 12.1 Å². The number of aromatic nitrogens is 2. The van der Waals surface area contributed by atoms with E-state index in [0.717, 1.165) is 17.0 Å². The summed E-state index contributed by atoms with van der Waals surface area (Å²) in [5.41, 5.74) is 8.45. The number of nitrogens with two attached hydrogens (primary N) is 1. The maximum absolute atomic E-state index is 5.93. The van der Waals surface area contributed by atoms with Crippen LogP contribution < -0.4 is 10.5 Å². The van der Waals surface area contributed by atoms with Gasteiger partial charge in [-0.25, -0.2) is 0 Å². The Labute approximate surface area is 101 Å². The minimum Gasteiger partial charge on any atom is -0.490 e. The molecule has 0 aliphatic rings.